The van der Waals surface area contributed by atoms with Gasteiger partial charge in [0.05, 0.1) is 6.61 Å². The van der Waals surface area contributed by atoms with Gasteiger partial charge in [0.2, 0.25) is 5.91 Å². The maximum absolute atomic E-state index is 12.8. The molecule has 3 nitrogen and oxygen atoms in total. The Labute approximate surface area is 135 Å². The summed E-state index contributed by atoms with van der Waals surface area (Å²) in [6.07, 6.45) is 5.29. The highest BCUT2D eigenvalue weighted by Crippen LogP contribution is 2.14. The van der Waals surface area contributed by atoms with Gasteiger partial charge in [-0.3, -0.25) is 4.79 Å². The van der Waals surface area contributed by atoms with Gasteiger partial charge in [-0.25, -0.2) is 4.39 Å². The molecule has 0 fully saturated rings. The van der Waals surface area contributed by atoms with Crippen LogP contribution in [0.15, 0.2) is 54.6 Å². The van der Waals surface area contributed by atoms with Crippen molar-refractivity contribution in [2.45, 2.75) is 19.8 Å². The van der Waals surface area contributed by atoms with Crippen molar-refractivity contribution in [3.8, 4) is 5.75 Å². The van der Waals surface area contributed by atoms with E-state index in [-0.39, 0.29) is 11.7 Å². The largest absolute Gasteiger partial charge is 0.494 e. The molecular weight excluding hydrogens is 293 g/mol. The zero-order valence-electron chi connectivity index (χ0n) is 13.1. The number of amides is 1. The molecule has 1 N–H and O–H groups in total. The number of hydrogen-bond donors (Lipinski definition) is 1. The van der Waals surface area contributed by atoms with Crippen LogP contribution in [0.2, 0.25) is 0 Å². The molecule has 0 aromatic heterocycles. The standard InChI is InChI=1S/C19H20FNO2/c1-2-3-14-23-18-11-4-15(5-12-18)6-13-19(22)21-17-9-7-16(20)8-10-17/h4-13H,2-3,14H2,1H3,(H,21,22). The fourth-order valence-electron chi connectivity index (χ4n) is 1.90. The van der Waals surface area contributed by atoms with E-state index in [9.17, 15) is 9.18 Å². The zero-order chi connectivity index (χ0) is 16.5. The van der Waals surface area contributed by atoms with Crippen LogP contribution in [-0.2, 0) is 4.79 Å². The van der Waals surface area contributed by atoms with Crippen molar-refractivity contribution < 1.29 is 13.9 Å². The van der Waals surface area contributed by atoms with E-state index in [2.05, 4.69) is 12.2 Å². The molecule has 120 valence electrons. The van der Waals surface area contributed by atoms with Gasteiger partial charge in [0.15, 0.2) is 0 Å². The van der Waals surface area contributed by atoms with Gasteiger partial charge in [0, 0.05) is 11.8 Å². The monoisotopic (exact) mass is 313 g/mol. The third kappa shape index (κ3) is 5.94. The van der Waals surface area contributed by atoms with Crippen LogP contribution in [0.1, 0.15) is 25.3 Å². The van der Waals surface area contributed by atoms with Crippen molar-refractivity contribution >= 4 is 17.7 Å². The summed E-state index contributed by atoms with van der Waals surface area (Å²) < 4.78 is 18.4. The van der Waals surface area contributed by atoms with Crippen LogP contribution in [0.3, 0.4) is 0 Å². The predicted octanol–water partition coefficient (Wildman–Crippen LogP) is 4.66. The molecule has 2 rings (SSSR count). The Bertz CT molecular complexity index is 648. The van der Waals surface area contributed by atoms with Gasteiger partial charge in [-0.2, -0.15) is 0 Å². The fraction of sp³-hybridized carbons (Fsp3) is 0.211. The van der Waals surface area contributed by atoms with Crippen LogP contribution in [0.5, 0.6) is 5.75 Å². The summed E-state index contributed by atoms with van der Waals surface area (Å²) in [5, 5.41) is 2.67. The molecule has 0 heterocycles. The first-order chi connectivity index (χ1) is 11.2. The minimum atomic E-state index is -0.334. The Morgan fingerprint density at radius 2 is 1.83 bits per heavy atom. The Balaban J connectivity index is 1.86. The van der Waals surface area contributed by atoms with Crippen molar-refractivity contribution in [1.29, 1.82) is 0 Å². The second-order valence-electron chi connectivity index (χ2n) is 5.10. The van der Waals surface area contributed by atoms with Gasteiger partial charge in [-0.1, -0.05) is 25.5 Å². The average molecular weight is 313 g/mol. The van der Waals surface area contributed by atoms with E-state index in [1.54, 1.807) is 6.08 Å². The van der Waals surface area contributed by atoms with Gasteiger partial charge in [-0.15, -0.1) is 0 Å². The van der Waals surface area contributed by atoms with Crippen LogP contribution in [-0.4, -0.2) is 12.5 Å². The molecule has 0 saturated carbocycles. The van der Waals surface area contributed by atoms with E-state index < -0.39 is 0 Å². The minimum absolute atomic E-state index is 0.264. The van der Waals surface area contributed by atoms with Crippen molar-refractivity contribution in [3.05, 3.63) is 66.0 Å². The van der Waals surface area contributed by atoms with Crippen molar-refractivity contribution in [2.24, 2.45) is 0 Å². The Morgan fingerprint density at radius 1 is 1.13 bits per heavy atom. The number of benzene rings is 2. The number of hydrogen-bond acceptors (Lipinski definition) is 2. The Kier molecular flexibility index (Phi) is 6.36. The molecular formula is C19H20FNO2. The summed E-state index contributed by atoms with van der Waals surface area (Å²) in [7, 11) is 0. The smallest absolute Gasteiger partial charge is 0.248 e. The van der Waals surface area contributed by atoms with Crippen LogP contribution in [0, 0.1) is 5.82 Å². The van der Waals surface area contributed by atoms with Gasteiger partial charge in [-0.05, 0) is 54.5 Å². The molecule has 2 aromatic carbocycles. The first-order valence-corrected chi connectivity index (χ1v) is 7.65. The number of carbonyl (C=O) groups excluding carboxylic acids is 1. The molecule has 0 spiro atoms. The Morgan fingerprint density at radius 3 is 2.48 bits per heavy atom. The SMILES string of the molecule is CCCCOc1ccc(C=CC(=O)Nc2ccc(F)cc2)cc1. The molecule has 0 bridgehead atoms. The molecule has 1 amide bonds. The molecule has 0 saturated heterocycles. The lowest BCUT2D eigenvalue weighted by Gasteiger charge is -2.05. The number of ether oxygens (including phenoxy) is 1. The molecule has 0 radical (unpaired) electrons. The van der Waals surface area contributed by atoms with E-state index >= 15 is 0 Å². The summed E-state index contributed by atoms with van der Waals surface area (Å²) in [6.45, 7) is 2.83. The van der Waals surface area contributed by atoms with E-state index in [1.807, 2.05) is 24.3 Å². The first kappa shape index (κ1) is 16.7. The minimum Gasteiger partial charge on any atom is -0.494 e. The van der Waals surface area contributed by atoms with E-state index in [1.165, 1.54) is 30.3 Å². The van der Waals surface area contributed by atoms with Crippen molar-refractivity contribution in [2.75, 3.05) is 11.9 Å². The van der Waals surface area contributed by atoms with Crippen molar-refractivity contribution in [3.63, 3.8) is 0 Å². The Hall–Kier alpha value is -2.62. The molecule has 0 unspecified atom stereocenters. The number of anilines is 1. The number of unbranched alkanes of at least 4 members (excludes halogenated alkanes) is 1. The van der Waals surface area contributed by atoms with Gasteiger partial charge < -0.3 is 10.1 Å². The quantitative estimate of drug-likeness (QED) is 0.596. The third-order valence-corrected chi connectivity index (χ3v) is 3.19. The summed E-state index contributed by atoms with van der Waals surface area (Å²) >= 11 is 0. The van der Waals surface area contributed by atoms with E-state index in [0.29, 0.717) is 12.3 Å². The molecule has 0 atom stereocenters. The lowest BCUT2D eigenvalue weighted by Crippen LogP contribution is -2.07. The maximum Gasteiger partial charge on any atom is 0.248 e. The second kappa shape index (κ2) is 8.73. The summed E-state index contributed by atoms with van der Waals surface area (Å²) in [6, 6.07) is 13.2. The molecule has 2 aromatic rings. The van der Waals surface area contributed by atoms with Gasteiger partial charge in [0.1, 0.15) is 11.6 Å². The summed E-state index contributed by atoms with van der Waals surface area (Å²) in [5.74, 6) is 0.228. The van der Waals surface area contributed by atoms with E-state index in [4.69, 9.17) is 4.74 Å². The predicted molar refractivity (Wildman–Crippen MR) is 90.9 cm³/mol. The van der Waals surface area contributed by atoms with Crippen LogP contribution in [0.4, 0.5) is 10.1 Å². The number of carbonyl (C=O) groups is 1. The molecule has 4 heteroatoms. The highest BCUT2D eigenvalue weighted by atomic mass is 19.1. The molecule has 0 aliphatic rings. The lowest BCUT2D eigenvalue weighted by molar-refractivity contribution is -0.111. The summed E-state index contributed by atoms with van der Waals surface area (Å²) in [5.41, 5.74) is 1.46. The highest BCUT2D eigenvalue weighted by molar-refractivity contribution is 6.01. The summed E-state index contributed by atoms with van der Waals surface area (Å²) in [4.78, 5) is 11.8. The fourth-order valence-corrected chi connectivity index (χ4v) is 1.90. The third-order valence-electron chi connectivity index (χ3n) is 3.19. The van der Waals surface area contributed by atoms with Crippen LogP contribution >= 0.6 is 0 Å². The lowest BCUT2D eigenvalue weighted by atomic mass is 10.2. The van der Waals surface area contributed by atoms with Crippen LogP contribution < -0.4 is 10.1 Å². The number of halogens is 1. The normalized spacial score (nSPS) is 10.7. The topological polar surface area (TPSA) is 38.3 Å². The average Bonchev–Trinajstić information content (AvgIpc) is 2.56. The molecule has 23 heavy (non-hydrogen) atoms. The van der Waals surface area contributed by atoms with Crippen LogP contribution in [0.25, 0.3) is 6.08 Å². The number of nitrogens with one attached hydrogen (secondary N) is 1. The zero-order valence-corrected chi connectivity index (χ0v) is 13.1. The molecule has 0 aliphatic heterocycles. The first-order valence-electron chi connectivity index (χ1n) is 7.65. The highest BCUT2D eigenvalue weighted by Gasteiger charge is 1.98. The number of rotatable bonds is 7. The van der Waals surface area contributed by atoms with Crippen molar-refractivity contribution in [1.82, 2.24) is 0 Å². The van der Waals surface area contributed by atoms with E-state index in [0.717, 1.165) is 24.2 Å². The maximum atomic E-state index is 12.8. The van der Waals surface area contributed by atoms with Gasteiger partial charge >= 0.3 is 0 Å². The molecule has 0 aliphatic carbocycles. The van der Waals surface area contributed by atoms with Gasteiger partial charge in [0.25, 0.3) is 0 Å². The second-order valence-corrected chi connectivity index (χ2v) is 5.10.